The highest BCUT2D eigenvalue weighted by molar-refractivity contribution is 5.89. The molecule has 0 saturated carbocycles. The third-order valence-corrected chi connectivity index (χ3v) is 4.87. The van der Waals surface area contributed by atoms with Crippen molar-refractivity contribution in [1.29, 1.82) is 0 Å². The molecule has 2 aromatic rings. The van der Waals surface area contributed by atoms with E-state index in [4.69, 9.17) is 9.47 Å². The predicted octanol–water partition coefficient (Wildman–Crippen LogP) is 3.08. The fourth-order valence-corrected chi connectivity index (χ4v) is 3.62. The van der Waals surface area contributed by atoms with Crippen LogP contribution in [0.15, 0.2) is 48.5 Å². The maximum atomic E-state index is 12.5. The van der Waals surface area contributed by atoms with Crippen LogP contribution in [0.3, 0.4) is 0 Å². The Morgan fingerprint density at radius 2 is 1.93 bits per heavy atom. The van der Waals surface area contributed by atoms with Crippen molar-refractivity contribution in [3.63, 3.8) is 0 Å². The van der Waals surface area contributed by atoms with Gasteiger partial charge in [0.05, 0.1) is 13.2 Å². The summed E-state index contributed by atoms with van der Waals surface area (Å²) in [7, 11) is 0. The molecule has 2 aliphatic heterocycles. The molecule has 150 valence electrons. The normalized spacial score (nSPS) is 19.6. The van der Waals surface area contributed by atoms with Gasteiger partial charge in [0.25, 0.3) is 0 Å². The maximum absolute atomic E-state index is 12.5. The lowest BCUT2D eigenvalue weighted by atomic mass is 9.91. The van der Waals surface area contributed by atoms with Crippen molar-refractivity contribution in [2.45, 2.75) is 19.0 Å². The number of urea groups is 1. The quantitative estimate of drug-likeness (QED) is 0.606. The molecule has 0 unspecified atom stereocenters. The molecule has 2 atom stereocenters. The Hall–Kier alpha value is -3.59. The van der Waals surface area contributed by atoms with Gasteiger partial charge in [-0.05, 0) is 42.3 Å². The van der Waals surface area contributed by atoms with E-state index in [1.165, 1.54) is 11.0 Å². The highest BCUT2D eigenvalue weighted by atomic mass is 16.6. The Labute approximate surface area is 166 Å². The van der Waals surface area contributed by atoms with Gasteiger partial charge in [-0.2, -0.15) is 5.06 Å². The van der Waals surface area contributed by atoms with Crippen LogP contribution in [0.5, 0.6) is 5.75 Å². The first-order chi connectivity index (χ1) is 14.0. The van der Waals surface area contributed by atoms with E-state index in [9.17, 15) is 19.6 Å². The number of hydrogen-bond donors (Lipinski definition) is 2. The number of para-hydroxylation sites is 1. The molecule has 2 bridgehead atoms. The number of carbonyl (C=O) groups is 3. The molecule has 2 aromatic carbocycles. The Morgan fingerprint density at radius 3 is 2.66 bits per heavy atom. The molecule has 2 N–H and O–H groups in total. The monoisotopic (exact) mass is 397 g/mol. The van der Waals surface area contributed by atoms with E-state index in [1.54, 1.807) is 43.3 Å². The molecular formula is C20H19N3O6. The van der Waals surface area contributed by atoms with Crippen molar-refractivity contribution < 1.29 is 29.1 Å². The van der Waals surface area contributed by atoms with Crippen molar-refractivity contribution in [2.24, 2.45) is 0 Å². The zero-order valence-corrected chi connectivity index (χ0v) is 15.6. The number of amides is 3. The van der Waals surface area contributed by atoms with Gasteiger partial charge in [-0.3, -0.25) is 10.5 Å². The van der Waals surface area contributed by atoms with E-state index >= 15 is 0 Å². The molecule has 1 fully saturated rings. The number of hydrogen-bond acceptors (Lipinski definition) is 6. The Morgan fingerprint density at radius 1 is 1.17 bits per heavy atom. The van der Waals surface area contributed by atoms with Gasteiger partial charge in [0.15, 0.2) is 6.04 Å². The molecule has 29 heavy (non-hydrogen) atoms. The summed E-state index contributed by atoms with van der Waals surface area (Å²) in [6.07, 6.45) is -0.682. The molecule has 9 heteroatoms. The van der Waals surface area contributed by atoms with Gasteiger partial charge >= 0.3 is 18.1 Å². The van der Waals surface area contributed by atoms with E-state index < -0.39 is 30.2 Å². The molecular weight excluding hydrogens is 378 g/mol. The summed E-state index contributed by atoms with van der Waals surface area (Å²) in [5.74, 6) is -0.354. The zero-order chi connectivity index (χ0) is 20.5. The second-order valence-electron chi connectivity index (χ2n) is 6.62. The number of nitrogens with zero attached hydrogens (tertiary/aromatic N) is 2. The first-order valence-electron chi connectivity index (χ1n) is 9.12. The smallest absolute Gasteiger partial charge is 0.417 e. The van der Waals surface area contributed by atoms with E-state index in [0.29, 0.717) is 21.9 Å². The van der Waals surface area contributed by atoms with E-state index in [2.05, 4.69) is 5.32 Å². The number of nitrogens with one attached hydrogen (secondary N) is 1. The molecule has 0 radical (unpaired) electrons. The fraction of sp³-hybridized carbons (Fsp3) is 0.250. The summed E-state index contributed by atoms with van der Waals surface area (Å²) in [6, 6.07) is 11.2. The molecule has 3 amide bonds. The van der Waals surface area contributed by atoms with Crippen molar-refractivity contribution in [3.8, 4) is 5.75 Å². The van der Waals surface area contributed by atoms with Crippen molar-refractivity contribution in [2.75, 3.05) is 18.5 Å². The van der Waals surface area contributed by atoms with Crippen LogP contribution in [0.4, 0.5) is 15.3 Å². The summed E-state index contributed by atoms with van der Waals surface area (Å²) in [4.78, 5) is 38.2. The minimum absolute atomic E-state index is 0.130. The van der Waals surface area contributed by atoms with Gasteiger partial charge in [-0.15, -0.1) is 0 Å². The van der Waals surface area contributed by atoms with Gasteiger partial charge in [0, 0.05) is 5.69 Å². The topological polar surface area (TPSA) is 108 Å². The molecule has 2 heterocycles. The highest BCUT2D eigenvalue weighted by Gasteiger charge is 2.50. The Kier molecular flexibility index (Phi) is 4.81. The molecule has 4 rings (SSSR count). The molecule has 0 spiro atoms. The lowest BCUT2D eigenvalue weighted by Gasteiger charge is -2.31. The number of rotatable bonds is 4. The standard InChI is InChI=1S/C20H19N3O6/c1-2-28-18(24)17-14-9-8-13(29-19(25)21-12-6-4-3-5-7-12)10-15(14)16-11-22(17)20(26)23(16)27/h3-10,16-17,27H,2,11H2,1H3,(H,21,25)/t16-,17+/m0/s1. The summed E-state index contributed by atoms with van der Waals surface area (Å²) in [5.41, 5.74) is 1.63. The molecule has 9 nitrogen and oxygen atoms in total. The minimum atomic E-state index is -0.960. The number of anilines is 1. The SMILES string of the molecule is CCOC(=O)[C@H]1c2ccc(OC(=O)Nc3ccccc3)cc2[C@@H]2CN1C(=O)N2O. The summed E-state index contributed by atoms with van der Waals surface area (Å²) in [6.45, 7) is 1.97. The third kappa shape index (κ3) is 3.36. The first kappa shape index (κ1) is 18.8. The summed E-state index contributed by atoms with van der Waals surface area (Å²) < 4.78 is 10.4. The predicted molar refractivity (Wildman–Crippen MR) is 100 cm³/mol. The Bertz CT molecular complexity index is 964. The van der Waals surface area contributed by atoms with Gasteiger partial charge in [0.2, 0.25) is 0 Å². The van der Waals surface area contributed by atoms with Crippen LogP contribution in [-0.4, -0.2) is 46.4 Å². The number of fused-ring (bicyclic) bond motifs is 4. The van der Waals surface area contributed by atoms with E-state index in [0.717, 1.165) is 0 Å². The zero-order valence-electron chi connectivity index (χ0n) is 15.6. The van der Waals surface area contributed by atoms with Crippen molar-refractivity contribution in [3.05, 3.63) is 59.7 Å². The van der Waals surface area contributed by atoms with E-state index in [-0.39, 0.29) is 18.9 Å². The number of hydroxylamine groups is 2. The van der Waals surface area contributed by atoms with Crippen LogP contribution in [-0.2, 0) is 9.53 Å². The van der Waals surface area contributed by atoms with Crippen LogP contribution >= 0.6 is 0 Å². The second-order valence-corrected chi connectivity index (χ2v) is 6.62. The third-order valence-electron chi connectivity index (χ3n) is 4.87. The van der Waals surface area contributed by atoms with Gasteiger partial charge in [-0.25, -0.2) is 14.4 Å². The molecule has 2 aliphatic rings. The fourth-order valence-electron chi connectivity index (χ4n) is 3.62. The van der Waals surface area contributed by atoms with Crippen molar-refractivity contribution >= 4 is 23.8 Å². The van der Waals surface area contributed by atoms with Gasteiger partial charge in [-0.1, -0.05) is 24.3 Å². The van der Waals surface area contributed by atoms with Crippen LogP contribution in [0.1, 0.15) is 30.1 Å². The van der Waals surface area contributed by atoms with Crippen LogP contribution in [0, 0.1) is 0 Å². The van der Waals surface area contributed by atoms with E-state index in [1.807, 2.05) is 6.07 Å². The first-order valence-corrected chi connectivity index (χ1v) is 9.12. The number of esters is 1. The second kappa shape index (κ2) is 7.44. The van der Waals surface area contributed by atoms with Crippen LogP contribution in [0.25, 0.3) is 0 Å². The molecule has 0 aromatic heterocycles. The number of ether oxygens (including phenoxy) is 2. The Balaban J connectivity index is 1.61. The largest absolute Gasteiger partial charge is 0.464 e. The minimum Gasteiger partial charge on any atom is -0.464 e. The lowest BCUT2D eigenvalue weighted by molar-refractivity contribution is -0.148. The highest BCUT2D eigenvalue weighted by Crippen LogP contribution is 2.44. The van der Waals surface area contributed by atoms with Gasteiger partial charge < -0.3 is 14.4 Å². The number of carbonyl (C=O) groups excluding carboxylic acids is 3. The average Bonchev–Trinajstić information content (AvgIpc) is 2.95. The van der Waals surface area contributed by atoms with Crippen LogP contribution in [0.2, 0.25) is 0 Å². The summed E-state index contributed by atoms with van der Waals surface area (Å²) >= 11 is 0. The van der Waals surface area contributed by atoms with Crippen molar-refractivity contribution in [1.82, 2.24) is 9.96 Å². The van der Waals surface area contributed by atoms with Crippen LogP contribution < -0.4 is 10.1 Å². The number of benzene rings is 2. The molecule has 0 aliphatic carbocycles. The lowest BCUT2D eigenvalue weighted by Crippen LogP contribution is -2.39. The average molecular weight is 397 g/mol. The van der Waals surface area contributed by atoms with Gasteiger partial charge in [0.1, 0.15) is 11.8 Å². The molecule has 1 saturated heterocycles. The maximum Gasteiger partial charge on any atom is 0.417 e. The summed E-state index contributed by atoms with van der Waals surface area (Å²) in [5, 5.41) is 13.4.